The van der Waals surface area contributed by atoms with Gasteiger partial charge in [0.15, 0.2) is 0 Å². The van der Waals surface area contributed by atoms with E-state index in [2.05, 4.69) is 65.0 Å². The highest BCUT2D eigenvalue weighted by Gasteiger charge is 2.48. The lowest BCUT2D eigenvalue weighted by atomic mass is 9.96. The van der Waals surface area contributed by atoms with Gasteiger partial charge in [-0.3, -0.25) is 4.99 Å². The quantitative estimate of drug-likeness (QED) is 0.419. The molecule has 4 fully saturated rings. The number of aliphatic imine (C=N–C) groups is 1. The summed E-state index contributed by atoms with van der Waals surface area (Å²) in [6.07, 6.45) is 9.64. The van der Waals surface area contributed by atoms with E-state index in [1.54, 1.807) is 0 Å². The van der Waals surface area contributed by atoms with Crippen LogP contribution < -0.4 is 5.32 Å². The van der Waals surface area contributed by atoms with Gasteiger partial charge in [-0.15, -0.1) is 0 Å². The molecule has 0 amide bonds. The number of rotatable bonds is 5. The van der Waals surface area contributed by atoms with Gasteiger partial charge in [-0.1, -0.05) is 60.1 Å². The average molecular weight is 481 g/mol. The zero-order chi connectivity index (χ0) is 23.1. The molecular formula is C30H29ClN4. The van der Waals surface area contributed by atoms with Crippen molar-refractivity contribution in [3.05, 3.63) is 71.3 Å². The first-order valence-electron chi connectivity index (χ1n) is 13.2. The molecule has 2 aliphatic heterocycles. The monoisotopic (exact) mass is 480 g/mol. The summed E-state index contributed by atoms with van der Waals surface area (Å²) in [6, 6.07) is 18.8. The van der Waals surface area contributed by atoms with Crippen LogP contribution in [0.4, 0.5) is 0 Å². The van der Waals surface area contributed by atoms with Crippen LogP contribution in [0.3, 0.4) is 0 Å². The van der Waals surface area contributed by atoms with E-state index >= 15 is 0 Å². The predicted molar refractivity (Wildman–Crippen MR) is 142 cm³/mol. The molecule has 6 atom stereocenters. The molecule has 4 nitrogen and oxygen atoms in total. The van der Waals surface area contributed by atoms with Crippen molar-refractivity contribution in [2.75, 3.05) is 0 Å². The van der Waals surface area contributed by atoms with Crippen LogP contribution in [0.15, 0.2) is 59.7 Å². The molecular weight excluding hydrogens is 452 g/mol. The van der Waals surface area contributed by atoms with E-state index in [0.29, 0.717) is 17.1 Å². The fourth-order valence-corrected chi connectivity index (χ4v) is 7.05. The van der Waals surface area contributed by atoms with Crippen LogP contribution in [0.2, 0.25) is 5.15 Å². The van der Waals surface area contributed by atoms with E-state index < -0.39 is 0 Å². The zero-order valence-electron chi connectivity index (χ0n) is 19.7. The Kier molecular flexibility index (Phi) is 4.48. The predicted octanol–water partition coefficient (Wildman–Crippen LogP) is 6.85. The lowest BCUT2D eigenvalue weighted by Crippen LogP contribution is -2.33. The van der Waals surface area contributed by atoms with Gasteiger partial charge in [0.05, 0.1) is 0 Å². The van der Waals surface area contributed by atoms with Gasteiger partial charge in [0.2, 0.25) is 0 Å². The van der Waals surface area contributed by atoms with Crippen molar-refractivity contribution in [3.8, 4) is 22.4 Å². The lowest BCUT2D eigenvalue weighted by Gasteiger charge is -2.14. The highest BCUT2D eigenvalue weighted by molar-refractivity contribution is 6.31. The lowest BCUT2D eigenvalue weighted by molar-refractivity contribution is 0.596. The number of aromatic nitrogens is 2. The van der Waals surface area contributed by atoms with E-state index in [4.69, 9.17) is 21.6 Å². The number of benzene rings is 2. The van der Waals surface area contributed by atoms with Crippen LogP contribution in [0, 0.1) is 17.8 Å². The molecule has 3 aliphatic carbocycles. The summed E-state index contributed by atoms with van der Waals surface area (Å²) in [5.41, 5.74) is 8.28. The van der Waals surface area contributed by atoms with Gasteiger partial charge < -0.3 is 10.3 Å². The molecule has 3 aromatic rings. The molecule has 1 unspecified atom stereocenters. The molecule has 3 heterocycles. The van der Waals surface area contributed by atoms with E-state index in [1.807, 2.05) is 0 Å². The minimum absolute atomic E-state index is 0.494. The third-order valence-electron chi connectivity index (χ3n) is 9.09. The Balaban J connectivity index is 0.955. The molecule has 0 bridgehead atoms. The maximum absolute atomic E-state index is 6.57. The van der Waals surface area contributed by atoms with Crippen molar-refractivity contribution in [1.29, 1.82) is 0 Å². The largest absolute Gasteiger partial charge is 0.332 e. The summed E-state index contributed by atoms with van der Waals surface area (Å²) in [7, 11) is 0. The molecule has 8 rings (SSSR count). The minimum Gasteiger partial charge on any atom is -0.332 e. The Hall–Kier alpha value is -2.69. The number of allylic oxidation sites excluding steroid dienone is 1. The Morgan fingerprint density at radius 1 is 0.743 bits per heavy atom. The first kappa shape index (κ1) is 20.5. The number of piperidine rings is 1. The number of H-pyrrole nitrogens is 1. The van der Waals surface area contributed by atoms with Gasteiger partial charge in [-0.05, 0) is 72.1 Å². The van der Waals surface area contributed by atoms with Crippen LogP contribution in [-0.2, 0) is 0 Å². The van der Waals surface area contributed by atoms with Crippen LogP contribution in [0.1, 0.15) is 55.8 Å². The summed E-state index contributed by atoms with van der Waals surface area (Å²) in [5.74, 6) is 4.41. The zero-order valence-corrected chi connectivity index (χ0v) is 20.4. The van der Waals surface area contributed by atoms with E-state index in [-0.39, 0.29) is 0 Å². The second-order valence-corrected chi connectivity index (χ2v) is 11.8. The maximum Gasteiger partial charge on any atom is 0.134 e. The second kappa shape index (κ2) is 7.65. The van der Waals surface area contributed by atoms with Gasteiger partial charge in [0, 0.05) is 41.9 Å². The molecule has 35 heavy (non-hydrogen) atoms. The van der Waals surface area contributed by atoms with E-state index in [9.17, 15) is 0 Å². The Morgan fingerprint density at radius 2 is 1.43 bits per heavy atom. The van der Waals surface area contributed by atoms with Crippen LogP contribution in [0.25, 0.3) is 28.0 Å². The van der Waals surface area contributed by atoms with Crippen LogP contribution >= 0.6 is 11.6 Å². The first-order valence-corrected chi connectivity index (χ1v) is 13.5. The normalized spacial score (nSPS) is 32.3. The number of fused-ring (bicyclic) bond motifs is 2. The molecule has 0 spiro atoms. The number of hydrogen-bond donors (Lipinski definition) is 2. The Morgan fingerprint density at radius 3 is 2.11 bits per heavy atom. The molecule has 3 saturated carbocycles. The Bertz CT molecular complexity index is 1350. The SMILES string of the molecule is Clc1[nH]c(C2C[C@@H]3C[C@@H]3C2)nc1-c1ccc(-c2ccc(C3=CN=C([C@@H]4C[C@H]5C[C@H]5N4)C3)cc2)cc1. The highest BCUT2D eigenvalue weighted by Crippen LogP contribution is 2.57. The molecule has 2 aromatic carbocycles. The van der Waals surface area contributed by atoms with Gasteiger partial charge in [0.1, 0.15) is 16.7 Å². The fraction of sp³-hybridized carbons (Fsp3) is 0.400. The van der Waals surface area contributed by atoms with Crippen LogP contribution in [0.5, 0.6) is 0 Å². The fourth-order valence-electron chi connectivity index (χ4n) is 6.80. The molecule has 2 N–H and O–H groups in total. The smallest absolute Gasteiger partial charge is 0.134 e. The summed E-state index contributed by atoms with van der Waals surface area (Å²) in [5, 5.41) is 4.39. The average Bonchev–Trinajstić information content (AvgIpc) is 3.47. The standard InChI is InChI=1S/C30H29ClN4/c31-29-28(34-30(35-29)23-10-20-9-21(20)11-23)19-7-5-17(6-8-19)16-1-3-18(4-2-16)24-14-26(32-15-24)27-13-22-12-25(22)33-27/h1-8,15,20-23,25,27,33H,9-14H2,(H,34,35)/t20-,21+,22-,23?,25-,27+/m1/s1. The summed E-state index contributed by atoms with van der Waals surface area (Å²) >= 11 is 6.57. The third kappa shape index (κ3) is 3.61. The van der Waals surface area contributed by atoms with Gasteiger partial charge in [-0.25, -0.2) is 4.98 Å². The summed E-state index contributed by atoms with van der Waals surface area (Å²) in [4.78, 5) is 13.0. The van der Waals surface area contributed by atoms with E-state index in [0.717, 1.165) is 47.3 Å². The van der Waals surface area contributed by atoms with Gasteiger partial charge >= 0.3 is 0 Å². The molecule has 1 aromatic heterocycles. The highest BCUT2D eigenvalue weighted by atomic mass is 35.5. The topological polar surface area (TPSA) is 53.1 Å². The van der Waals surface area contributed by atoms with Crippen molar-refractivity contribution >= 4 is 22.9 Å². The van der Waals surface area contributed by atoms with Gasteiger partial charge in [-0.2, -0.15) is 0 Å². The van der Waals surface area contributed by atoms with Crippen LogP contribution in [-0.4, -0.2) is 27.8 Å². The maximum atomic E-state index is 6.57. The molecule has 5 aliphatic rings. The summed E-state index contributed by atoms with van der Waals surface area (Å²) < 4.78 is 0. The van der Waals surface area contributed by atoms with Crippen molar-refractivity contribution in [3.63, 3.8) is 0 Å². The van der Waals surface area contributed by atoms with Crippen molar-refractivity contribution in [1.82, 2.24) is 15.3 Å². The second-order valence-electron chi connectivity index (χ2n) is 11.4. The van der Waals surface area contributed by atoms with E-state index in [1.165, 1.54) is 60.1 Å². The number of imidazole rings is 1. The van der Waals surface area contributed by atoms with Crippen molar-refractivity contribution < 1.29 is 0 Å². The van der Waals surface area contributed by atoms with Gasteiger partial charge in [0.25, 0.3) is 0 Å². The molecule has 176 valence electrons. The molecule has 0 radical (unpaired) electrons. The third-order valence-corrected chi connectivity index (χ3v) is 9.37. The first-order chi connectivity index (χ1) is 17.2. The van der Waals surface area contributed by atoms with Crippen molar-refractivity contribution in [2.24, 2.45) is 22.7 Å². The summed E-state index contributed by atoms with van der Waals surface area (Å²) in [6.45, 7) is 0. The molecule has 5 heteroatoms. The minimum atomic E-state index is 0.494. The Labute approximate surface area is 210 Å². The van der Waals surface area contributed by atoms with Crippen molar-refractivity contribution in [2.45, 2.75) is 56.5 Å². The number of nitrogens with one attached hydrogen (secondary N) is 2. The molecule has 1 saturated heterocycles. The number of hydrogen-bond acceptors (Lipinski definition) is 3. The number of aromatic amines is 1. The number of nitrogens with zero attached hydrogens (tertiary/aromatic N) is 2. The number of halogens is 1.